The molecule has 0 aromatic carbocycles. The Kier molecular flexibility index (Phi) is 2.52. The van der Waals surface area contributed by atoms with Gasteiger partial charge in [0.15, 0.2) is 0 Å². The molecule has 3 nitrogen and oxygen atoms in total. The van der Waals surface area contributed by atoms with E-state index in [1.165, 1.54) is 0 Å². The van der Waals surface area contributed by atoms with E-state index in [-0.39, 0.29) is 6.61 Å². The molecule has 0 unspecified atom stereocenters. The number of rotatable bonds is 3. The largest absolute Gasteiger partial charge is 0.395 e. The number of aliphatic hydroxyl groups excluding tert-OH is 1. The molecule has 1 saturated heterocycles. The van der Waals surface area contributed by atoms with Gasteiger partial charge in [-0.15, -0.1) is 0 Å². The zero-order valence-electron chi connectivity index (χ0n) is 7.25. The molecule has 0 aromatic rings. The van der Waals surface area contributed by atoms with Crippen LogP contribution in [-0.2, 0) is 0 Å². The second-order valence-electron chi connectivity index (χ2n) is 3.69. The maximum atomic E-state index is 9.76. The lowest BCUT2D eigenvalue weighted by atomic mass is 9.83. The smallest absolute Gasteiger partial charge is 0.0922 e. The van der Waals surface area contributed by atoms with E-state index in [9.17, 15) is 5.11 Å². The normalized spacial score (nSPS) is 23.7. The van der Waals surface area contributed by atoms with Gasteiger partial charge in [0.1, 0.15) is 0 Å². The first kappa shape index (κ1) is 8.97. The molecule has 0 amide bonds. The molecule has 0 atom stereocenters. The van der Waals surface area contributed by atoms with Gasteiger partial charge in [0.05, 0.1) is 12.2 Å². The minimum atomic E-state index is -0.491. The van der Waals surface area contributed by atoms with Gasteiger partial charge in [-0.05, 0) is 5.92 Å². The van der Waals surface area contributed by atoms with Crippen LogP contribution in [0, 0.1) is 5.92 Å². The lowest BCUT2D eigenvalue weighted by Crippen LogP contribution is -2.64. The number of hydrogen-bond donors (Lipinski definition) is 2. The second-order valence-corrected chi connectivity index (χ2v) is 3.69. The molecular weight excluding hydrogens is 142 g/mol. The van der Waals surface area contributed by atoms with Gasteiger partial charge in [0, 0.05) is 19.6 Å². The lowest BCUT2D eigenvalue weighted by molar-refractivity contribution is -0.129. The van der Waals surface area contributed by atoms with E-state index >= 15 is 0 Å². The van der Waals surface area contributed by atoms with E-state index in [0.717, 1.165) is 0 Å². The van der Waals surface area contributed by atoms with Crippen LogP contribution in [0.1, 0.15) is 13.8 Å². The van der Waals surface area contributed by atoms with Crippen LogP contribution in [0.15, 0.2) is 0 Å². The van der Waals surface area contributed by atoms with E-state index in [4.69, 9.17) is 5.11 Å². The molecule has 0 aromatic heterocycles. The molecule has 11 heavy (non-hydrogen) atoms. The summed E-state index contributed by atoms with van der Waals surface area (Å²) in [4.78, 5) is 2.06. The van der Waals surface area contributed by atoms with Crippen molar-refractivity contribution in [2.45, 2.75) is 19.4 Å². The highest BCUT2D eigenvalue weighted by Gasteiger charge is 2.42. The number of β-amino-alcohol motifs (C(OH)–C–C–N with tert-alkyl or cyclic N) is 2. The van der Waals surface area contributed by atoms with Crippen molar-refractivity contribution in [2.24, 2.45) is 5.92 Å². The summed E-state index contributed by atoms with van der Waals surface area (Å²) in [5.41, 5.74) is -0.491. The van der Waals surface area contributed by atoms with Gasteiger partial charge in [0.2, 0.25) is 0 Å². The fourth-order valence-electron chi connectivity index (χ4n) is 1.39. The summed E-state index contributed by atoms with van der Waals surface area (Å²) < 4.78 is 0. The minimum absolute atomic E-state index is 0.189. The predicted molar refractivity (Wildman–Crippen MR) is 43.3 cm³/mol. The van der Waals surface area contributed by atoms with Crippen LogP contribution in [-0.4, -0.2) is 47.0 Å². The Balaban J connectivity index is 2.26. The molecule has 1 aliphatic heterocycles. The zero-order valence-corrected chi connectivity index (χ0v) is 7.25. The van der Waals surface area contributed by atoms with Gasteiger partial charge < -0.3 is 10.2 Å². The Hall–Kier alpha value is -0.120. The van der Waals surface area contributed by atoms with Crippen molar-refractivity contribution in [3.8, 4) is 0 Å². The predicted octanol–water partition coefficient (Wildman–Crippen LogP) is -0.319. The van der Waals surface area contributed by atoms with Crippen LogP contribution in [0.3, 0.4) is 0 Å². The monoisotopic (exact) mass is 159 g/mol. The van der Waals surface area contributed by atoms with E-state index in [2.05, 4.69) is 4.90 Å². The molecule has 0 bridgehead atoms. The Morgan fingerprint density at radius 3 is 2.36 bits per heavy atom. The SMILES string of the molecule is CC(C)C1(O)CN(CCO)C1. The number of aliphatic hydroxyl groups is 2. The lowest BCUT2D eigenvalue weighted by Gasteiger charge is -2.49. The molecule has 1 heterocycles. The zero-order chi connectivity index (χ0) is 8.48. The highest BCUT2D eigenvalue weighted by molar-refractivity contribution is 4.97. The molecule has 1 rings (SSSR count). The Morgan fingerprint density at radius 2 is 2.00 bits per heavy atom. The average Bonchev–Trinajstić information content (AvgIpc) is 1.84. The topological polar surface area (TPSA) is 43.7 Å². The average molecular weight is 159 g/mol. The maximum absolute atomic E-state index is 9.76. The standard InChI is InChI=1S/C8H17NO2/c1-7(2)8(11)5-9(6-8)3-4-10/h7,10-11H,3-6H2,1-2H3. The molecule has 2 N–H and O–H groups in total. The number of nitrogens with zero attached hydrogens (tertiary/aromatic N) is 1. The molecule has 3 heteroatoms. The Bertz CT molecular complexity index is 130. The molecule has 0 spiro atoms. The highest BCUT2D eigenvalue weighted by Crippen LogP contribution is 2.27. The van der Waals surface area contributed by atoms with Crippen molar-refractivity contribution < 1.29 is 10.2 Å². The molecular formula is C8H17NO2. The van der Waals surface area contributed by atoms with E-state index in [1.807, 2.05) is 13.8 Å². The summed E-state index contributed by atoms with van der Waals surface area (Å²) in [5.74, 6) is 0.317. The van der Waals surface area contributed by atoms with Gasteiger partial charge in [0.25, 0.3) is 0 Å². The summed E-state index contributed by atoms with van der Waals surface area (Å²) in [7, 11) is 0. The fraction of sp³-hybridized carbons (Fsp3) is 1.00. The van der Waals surface area contributed by atoms with Gasteiger partial charge in [-0.25, -0.2) is 0 Å². The van der Waals surface area contributed by atoms with Crippen LogP contribution in [0.25, 0.3) is 0 Å². The van der Waals surface area contributed by atoms with Crippen molar-refractivity contribution >= 4 is 0 Å². The van der Waals surface area contributed by atoms with Crippen molar-refractivity contribution in [1.82, 2.24) is 4.90 Å². The summed E-state index contributed by atoms with van der Waals surface area (Å²) in [6, 6.07) is 0. The molecule has 66 valence electrons. The molecule has 0 aliphatic carbocycles. The second kappa shape index (κ2) is 3.09. The summed E-state index contributed by atoms with van der Waals surface area (Å²) in [6.45, 7) is 6.35. The van der Waals surface area contributed by atoms with Crippen molar-refractivity contribution in [1.29, 1.82) is 0 Å². The fourth-order valence-corrected chi connectivity index (χ4v) is 1.39. The summed E-state index contributed by atoms with van der Waals surface area (Å²) >= 11 is 0. The van der Waals surface area contributed by atoms with E-state index in [0.29, 0.717) is 25.6 Å². The van der Waals surface area contributed by atoms with Crippen LogP contribution in [0.2, 0.25) is 0 Å². The third-order valence-electron chi connectivity index (χ3n) is 2.49. The van der Waals surface area contributed by atoms with Gasteiger partial charge >= 0.3 is 0 Å². The summed E-state index contributed by atoms with van der Waals surface area (Å²) in [5, 5.41) is 18.3. The first-order chi connectivity index (χ1) is 5.08. The number of hydrogen-bond acceptors (Lipinski definition) is 3. The van der Waals surface area contributed by atoms with E-state index in [1.54, 1.807) is 0 Å². The minimum Gasteiger partial charge on any atom is -0.395 e. The Morgan fingerprint density at radius 1 is 1.45 bits per heavy atom. The van der Waals surface area contributed by atoms with Crippen LogP contribution in [0.4, 0.5) is 0 Å². The first-order valence-corrected chi connectivity index (χ1v) is 4.14. The molecule has 1 aliphatic rings. The molecule has 0 saturated carbocycles. The van der Waals surface area contributed by atoms with Crippen molar-refractivity contribution in [3.05, 3.63) is 0 Å². The van der Waals surface area contributed by atoms with E-state index < -0.39 is 5.60 Å². The van der Waals surface area contributed by atoms with Crippen LogP contribution < -0.4 is 0 Å². The molecule has 1 fully saturated rings. The van der Waals surface area contributed by atoms with Gasteiger partial charge in [-0.1, -0.05) is 13.8 Å². The first-order valence-electron chi connectivity index (χ1n) is 4.14. The van der Waals surface area contributed by atoms with Crippen LogP contribution >= 0.6 is 0 Å². The van der Waals surface area contributed by atoms with Crippen molar-refractivity contribution in [2.75, 3.05) is 26.2 Å². The van der Waals surface area contributed by atoms with Crippen LogP contribution in [0.5, 0.6) is 0 Å². The maximum Gasteiger partial charge on any atom is 0.0922 e. The van der Waals surface area contributed by atoms with Gasteiger partial charge in [-0.3, -0.25) is 4.90 Å². The van der Waals surface area contributed by atoms with Gasteiger partial charge in [-0.2, -0.15) is 0 Å². The molecule has 0 radical (unpaired) electrons. The third kappa shape index (κ3) is 1.72. The quantitative estimate of drug-likeness (QED) is 0.593. The summed E-state index contributed by atoms with van der Waals surface area (Å²) in [6.07, 6.45) is 0. The highest BCUT2D eigenvalue weighted by atomic mass is 16.3. The third-order valence-corrected chi connectivity index (χ3v) is 2.49. The number of likely N-dealkylation sites (tertiary alicyclic amines) is 1. The Labute approximate surface area is 67.6 Å². The van der Waals surface area contributed by atoms with Crippen molar-refractivity contribution in [3.63, 3.8) is 0 Å².